The molecular formula is C25H17F12N3O6. The first-order chi connectivity index (χ1) is 20.9. The van der Waals surface area contributed by atoms with Gasteiger partial charge in [-0.3, -0.25) is 4.79 Å². The fourth-order valence-corrected chi connectivity index (χ4v) is 2.63. The number of carboxylic acid groups (broad SMARTS) is 2. The Morgan fingerprint density at radius 3 is 1.63 bits per heavy atom. The molecule has 1 amide bonds. The standard InChI is InChI=1S/C21H15F6N3O2.2C2HF3O2/c22-15-8-13(9-16(23)19(15)24)30-20(31)17(28)7-11-1-4-14(5-2-11)32-18-6-3-12(10-29-18)21(25,26)27;2*3-2(4,5)1(6)7/h1-6,8-10,17H,7,28H2,(H,30,31);2*(H,6,7)/t17-;;/m0../s1. The molecule has 1 atom stereocenters. The fraction of sp³-hybridized carbons (Fsp3) is 0.200. The summed E-state index contributed by atoms with van der Waals surface area (Å²) in [5.41, 5.74) is 5.23. The quantitative estimate of drug-likeness (QED) is 0.180. The zero-order valence-corrected chi connectivity index (χ0v) is 22.1. The summed E-state index contributed by atoms with van der Waals surface area (Å²) in [6.45, 7) is 0. The largest absolute Gasteiger partial charge is 0.490 e. The van der Waals surface area contributed by atoms with Crippen LogP contribution < -0.4 is 15.8 Å². The second-order valence-corrected chi connectivity index (χ2v) is 8.29. The topological polar surface area (TPSA) is 152 Å². The van der Waals surface area contributed by atoms with Gasteiger partial charge in [-0.1, -0.05) is 12.1 Å². The summed E-state index contributed by atoms with van der Waals surface area (Å²) in [6, 6.07) is 8.25. The number of aliphatic carboxylic acids is 2. The van der Waals surface area contributed by atoms with Gasteiger partial charge < -0.3 is 26.0 Å². The molecule has 0 fully saturated rings. The smallest absolute Gasteiger partial charge is 0.475 e. The second-order valence-electron chi connectivity index (χ2n) is 8.29. The molecule has 0 spiro atoms. The van der Waals surface area contributed by atoms with Crippen LogP contribution in [0.5, 0.6) is 11.6 Å². The highest BCUT2D eigenvalue weighted by molar-refractivity contribution is 5.94. The fourth-order valence-electron chi connectivity index (χ4n) is 2.63. The number of benzene rings is 2. The van der Waals surface area contributed by atoms with Crippen molar-refractivity contribution in [3.05, 3.63) is 83.3 Å². The molecule has 0 saturated carbocycles. The molecule has 0 aliphatic carbocycles. The monoisotopic (exact) mass is 683 g/mol. The summed E-state index contributed by atoms with van der Waals surface area (Å²) in [5, 5.41) is 16.5. The first-order valence-corrected chi connectivity index (χ1v) is 11.5. The number of nitrogens with two attached hydrogens (primary N) is 1. The third kappa shape index (κ3) is 13.3. The van der Waals surface area contributed by atoms with E-state index in [0.717, 1.165) is 12.1 Å². The number of hydrogen-bond acceptors (Lipinski definition) is 6. The molecule has 1 heterocycles. The van der Waals surface area contributed by atoms with Crippen molar-refractivity contribution in [3.8, 4) is 11.6 Å². The lowest BCUT2D eigenvalue weighted by Crippen LogP contribution is -2.37. The van der Waals surface area contributed by atoms with Gasteiger partial charge in [0.1, 0.15) is 5.75 Å². The van der Waals surface area contributed by atoms with Crippen LogP contribution in [-0.4, -0.2) is 51.4 Å². The van der Waals surface area contributed by atoms with Gasteiger partial charge in [-0.15, -0.1) is 0 Å². The van der Waals surface area contributed by atoms with Crippen LogP contribution in [0.4, 0.5) is 58.4 Å². The Morgan fingerprint density at radius 2 is 1.26 bits per heavy atom. The Kier molecular flexibility index (Phi) is 13.4. The van der Waals surface area contributed by atoms with Crippen LogP contribution in [0.1, 0.15) is 11.1 Å². The van der Waals surface area contributed by atoms with E-state index in [1.807, 2.05) is 0 Å². The maximum absolute atomic E-state index is 13.2. The Morgan fingerprint density at radius 1 is 0.804 bits per heavy atom. The molecule has 2 aromatic carbocycles. The number of ether oxygens (including phenoxy) is 1. The van der Waals surface area contributed by atoms with Crippen LogP contribution in [-0.2, 0) is 27.0 Å². The second kappa shape index (κ2) is 15.8. The van der Waals surface area contributed by atoms with Gasteiger partial charge in [-0.05, 0) is 30.2 Å². The Balaban J connectivity index is 0.000000629. The summed E-state index contributed by atoms with van der Waals surface area (Å²) in [6.07, 6.45) is -14.0. The van der Waals surface area contributed by atoms with Crippen molar-refractivity contribution in [1.82, 2.24) is 4.98 Å². The molecule has 9 nitrogen and oxygen atoms in total. The maximum Gasteiger partial charge on any atom is 0.490 e. The van der Waals surface area contributed by atoms with Gasteiger partial charge in [0, 0.05) is 30.1 Å². The number of pyridine rings is 1. The zero-order valence-electron chi connectivity index (χ0n) is 22.1. The Hall–Kier alpha value is -5.08. The van der Waals surface area contributed by atoms with Crippen molar-refractivity contribution in [1.29, 1.82) is 0 Å². The molecule has 21 heteroatoms. The average molecular weight is 683 g/mol. The van der Waals surface area contributed by atoms with E-state index in [4.69, 9.17) is 30.3 Å². The lowest BCUT2D eigenvalue weighted by molar-refractivity contribution is -0.193. The van der Waals surface area contributed by atoms with E-state index < -0.39 is 65.4 Å². The van der Waals surface area contributed by atoms with Crippen LogP contribution in [0, 0.1) is 17.5 Å². The van der Waals surface area contributed by atoms with Crippen molar-refractivity contribution in [3.63, 3.8) is 0 Å². The molecule has 0 bridgehead atoms. The molecule has 0 unspecified atom stereocenters. The van der Waals surface area contributed by atoms with E-state index in [0.29, 0.717) is 23.9 Å². The molecule has 252 valence electrons. The molecule has 0 aliphatic rings. The summed E-state index contributed by atoms with van der Waals surface area (Å²) in [4.78, 5) is 33.5. The highest BCUT2D eigenvalue weighted by atomic mass is 19.4. The molecule has 5 N–H and O–H groups in total. The molecule has 1 aromatic heterocycles. The summed E-state index contributed by atoms with van der Waals surface area (Å²) in [5.74, 6) is -10.6. The first kappa shape index (κ1) is 38.9. The highest BCUT2D eigenvalue weighted by Gasteiger charge is 2.39. The Labute approximate surface area is 248 Å². The normalized spacial score (nSPS) is 12.0. The lowest BCUT2D eigenvalue weighted by atomic mass is 10.1. The minimum Gasteiger partial charge on any atom is -0.475 e. The van der Waals surface area contributed by atoms with Gasteiger partial charge in [0.2, 0.25) is 11.8 Å². The molecular weight excluding hydrogens is 666 g/mol. The molecule has 46 heavy (non-hydrogen) atoms. The van der Waals surface area contributed by atoms with E-state index in [9.17, 15) is 57.5 Å². The number of alkyl halides is 9. The van der Waals surface area contributed by atoms with E-state index in [2.05, 4.69) is 10.3 Å². The van der Waals surface area contributed by atoms with Gasteiger partial charge in [0.05, 0.1) is 11.6 Å². The molecule has 0 radical (unpaired) electrons. The van der Waals surface area contributed by atoms with Gasteiger partial charge in [0.25, 0.3) is 0 Å². The zero-order chi connectivity index (χ0) is 35.6. The van der Waals surface area contributed by atoms with Crippen molar-refractivity contribution in [2.75, 3.05) is 5.32 Å². The number of rotatable bonds is 6. The molecule has 3 rings (SSSR count). The number of amides is 1. The van der Waals surface area contributed by atoms with E-state index in [1.54, 1.807) is 12.1 Å². The minimum absolute atomic E-state index is 0.0411. The van der Waals surface area contributed by atoms with Crippen LogP contribution in [0.25, 0.3) is 0 Å². The number of carbonyl (C=O) groups is 3. The Bertz CT molecular complexity index is 1450. The third-order valence-electron chi connectivity index (χ3n) is 4.74. The molecule has 0 saturated heterocycles. The highest BCUT2D eigenvalue weighted by Crippen LogP contribution is 2.30. The van der Waals surface area contributed by atoms with Crippen molar-refractivity contribution < 1.29 is 82.0 Å². The van der Waals surface area contributed by atoms with Crippen molar-refractivity contribution in [2.24, 2.45) is 5.73 Å². The van der Waals surface area contributed by atoms with Crippen LogP contribution in [0.15, 0.2) is 54.7 Å². The van der Waals surface area contributed by atoms with E-state index in [-0.39, 0.29) is 23.7 Å². The van der Waals surface area contributed by atoms with Crippen molar-refractivity contribution in [2.45, 2.75) is 31.0 Å². The van der Waals surface area contributed by atoms with Crippen molar-refractivity contribution >= 4 is 23.5 Å². The van der Waals surface area contributed by atoms with Gasteiger partial charge in [-0.25, -0.2) is 27.7 Å². The molecule has 3 aromatic rings. The number of anilines is 1. The summed E-state index contributed by atoms with van der Waals surface area (Å²) >= 11 is 0. The summed E-state index contributed by atoms with van der Waals surface area (Å²) < 4.78 is 146. The van der Waals surface area contributed by atoms with Gasteiger partial charge in [-0.2, -0.15) is 39.5 Å². The average Bonchev–Trinajstić information content (AvgIpc) is 2.92. The minimum atomic E-state index is -5.08. The SMILES string of the molecule is N[C@@H](Cc1ccc(Oc2ccc(C(F)(F)F)cn2)cc1)C(=O)Nc1cc(F)c(F)c(F)c1.O=C(O)C(F)(F)F.O=C(O)C(F)(F)F. The summed E-state index contributed by atoms with van der Waals surface area (Å²) in [7, 11) is 0. The number of carboxylic acids is 2. The van der Waals surface area contributed by atoms with Gasteiger partial charge >= 0.3 is 30.5 Å². The van der Waals surface area contributed by atoms with Gasteiger partial charge in [0.15, 0.2) is 17.5 Å². The molecule has 0 aliphatic heterocycles. The number of halogens is 12. The predicted molar refractivity (Wildman–Crippen MR) is 130 cm³/mol. The van der Waals surface area contributed by atoms with E-state index >= 15 is 0 Å². The number of carbonyl (C=O) groups excluding carboxylic acids is 1. The number of nitrogens with one attached hydrogen (secondary N) is 1. The first-order valence-electron chi connectivity index (χ1n) is 11.5. The number of hydrogen-bond donors (Lipinski definition) is 4. The predicted octanol–water partition coefficient (Wildman–Crippen LogP) is 6.09. The van der Waals surface area contributed by atoms with Crippen LogP contribution in [0.2, 0.25) is 0 Å². The number of aromatic nitrogens is 1. The third-order valence-corrected chi connectivity index (χ3v) is 4.74. The van der Waals surface area contributed by atoms with Crippen LogP contribution in [0.3, 0.4) is 0 Å². The maximum atomic E-state index is 13.2. The number of nitrogens with zero attached hydrogens (tertiary/aromatic N) is 1. The lowest BCUT2D eigenvalue weighted by Gasteiger charge is -2.13. The van der Waals surface area contributed by atoms with E-state index in [1.165, 1.54) is 12.1 Å². The van der Waals surface area contributed by atoms with Crippen LogP contribution >= 0.6 is 0 Å².